The molecular weight excluding hydrogens is 294 g/mol. The van der Waals surface area contributed by atoms with Gasteiger partial charge < -0.3 is 10.6 Å². The van der Waals surface area contributed by atoms with Gasteiger partial charge in [0.25, 0.3) is 0 Å². The summed E-state index contributed by atoms with van der Waals surface area (Å²) in [4.78, 5) is 28.5. The second-order valence-corrected chi connectivity index (χ2v) is 4.65. The Morgan fingerprint density at radius 1 is 1.13 bits per heavy atom. The van der Waals surface area contributed by atoms with Crippen LogP contribution in [0.15, 0.2) is 42.9 Å². The van der Waals surface area contributed by atoms with Crippen molar-refractivity contribution in [1.29, 1.82) is 0 Å². The average Bonchev–Trinajstić information content (AvgIpc) is 2.56. The Morgan fingerprint density at radius 3 is 2.78 bits per heavy atom. The van der Waals surface area contributed by atoms with E-state index in [1.165, 1.54) is 6.20 Å². The molecule has 0 bridgehead atoms. The lowest BCUT2D eigenvalue weighted by atomic mass is 10.3. The number of anilines is 3. The highest BCUT2D eigenvalue weighted by Gasteiger charge is 2.06. The minimum absolute atomic E-state index is 0.328. The van der Waals surface area contributed by atoms with Crippen LogP contribution in [0.3, 0.4) is 0 Å². The smallest absolute Gasteiger partial charge is 0.320 e. The first-order chi connectivity index (χ1) is 11.2. The summed E-state index contributed by atoms with van der Waals surface area (Å²) < 4.78 is 0. The van der Waals surface area contributed by atoms with E-state index >= 15 is 0 Å². The first-order valence-corrected chi connectivity index (χ1v) is 7.10. The number of nitrogens with one attached hydrogen (secondary N) is 3. The summed E-state index contributed by atoms with van der Waals surface area (Å²) in [6.45, 7) is 2.37. The minimum atomic E-state index is -0.328. The van der Waals surface area contributed by atoms with Gasteiger partial charge in [-0.15, -0.1) is 0 Å². The Labute approximate surface area is 132 Å². The number of pyridine rings is 2. The fourth-order valence-electron chi connectivity index (χ4n) is 1.93. The maximum atomic E-state index is 11.5. The van der Waals surface area contributed by atoms with Crippen LogP contribution in [-0.2, 0) is 0 Å². The van der Waals surface area contributed by atoms with Crippen molar-refractivity contribution in [2.24, 2.45) is 0 Å². The van der Waals surface area contributed by atoms with E-state index in [0.29, 0.717) is 29.3 Å². The Morgan fingerprint density at radius 2 is 2.00 bits per heavy atom. The molecule has 3 rings (SSSR count). The maximum absolute atomic E-state index is 11.5. The summed E-state index contributed by atoms with van der Waals surface area (Å²) >= 11 is 0. The molecule has 0 aliphatic heterocycles. The molecule has 0 fully saturated rings. The molecule has 0 aliphatic rings. The molecule has 3 aromatic rings. The molecule has 8 heteroatoms. The Bertz CT molecular complexity index is 822. The van der Waals surface area contributed by atoms with Crippen LogP contribution < -0.4 is 16.0 Å². The molecule has 0 atom stereocenters. The Hall–Kier alpha value is -3.29. The summed E-state index contributed by atoms with van der Waals surface area (Å²) in [5, 5.41) is 8.37. The van der Waals surface area contributed by atoms with E-state index in [4.69, 9.17) is 0 Å². The Balaban J connectivity index is 1.84. The van der Waals surface area contributed by atoms with E-state index in [-0.39, 0.29) is 6.03 Å². The molecule has 0 aromatic carbocycles. The van der Waals surface area contributed by atoms with Crippen LogP contribution in [0.5, 0.6) is 0 Å². The number of nitrogens with zero attached hydrogens (tertiary/aromatic N) is 4. The highest BCUT2D eigenvalue weighted by molar-refractivity contribution is 5.89. The predicted molar refractivity (Wildman–Crippen MR) is 87.5 cm³/mol. The molecule has 0 aliphatic carbocycles. The second kappa shape index (κ2) is 6.65. The lowest BCUT2D eigenvalue weighted by molar-refractivity contribution is 0.252. The SMILES string of the molecule is CCNC(=O)Nc1cnc2ccc(Nc3cccnc3)nc2n1. The number of amides is 2. The van der Waals surface area contributed by atoms with Crippen molar-refractivity contribution in [2.75, 3.05) is 17.2 Å². The summed E-state index contributed by atoms with van der Waals surface area (Å²) in [6, 6.07) is 7.01. The molecule has 116 valence electrons. The lowest BCUT2D eigenvalue weighted by Crippen LogP contribution is -2.28. The van der Waals surface area contributed by atoms with Gasteiger partial charge in [-0.1, -0.05) is 0 Å². The van der Waals surface area contributed by atoms with Gasteiger partial charge in [-0.05, 0) is 31.2 Å². The molecule has 23 heavy (non-hydrogen) atoms. The van der Waals surface area contributed by atoms with Crippen LogP contribution in [0.1, 0.15) is 6.92 Å². The molecule has 0 radical (unpaired) electrons. The van der Waals surface area contributed by atoms with Crippen molar-refractivity contribution in [3.8, 4) is 0 Å². The van der Waals surface area contributed by atoms with Crippen molar-refractivity contribution < 1.29 is 4.79 Å². The molecule has 0 spiro atoms. The molecule has 3 N–H and O–H groups in total. The first kappa shape index (κ1) is 14.6. The Kier molecular flexibility index (Phi) is 4.23. The summed E-state index contributed by atoms with van der Waals surface area (Å²) in [5.41, 5.74) is 1.90. The number of rotatable bonds is 4. The lowest BCUT2D eigenvalue weighted by Gasteiger charge is -2.07. The zero-order valence-corrected chi connectivity index (χ0v) is 12.4. The third-order valence-corrected chi connectivity index (χ3v) is 2.92. The van der Waals surface area contributed by atoms with Gasteiger partial charge in [0.1, 0.15) is 11.3 Å². The van der Waals surface area contributed by atoms with E-state index < -0.39 is 0 Å². The molecule has 2 amide bonds. The number of fused-ring (bicyclic) bond motifs is 1. The predicted octanol–water partition coefficient (Wildman–Crippen LogP) is 2.30. The van der Waals surface area contributed by atoms with Gasteiger partial charge in [0, 0.05) is 12.7 Å². The number of aromatic nitrogens is 4. The van der Waals surface area contributed by atoms with Gasteiger partial charge in [0.05, 0.1) is 18.1 Å². The van der Waals surface area contributed by atoms with Crippen LogP contribution in [0.4, 0.5) is 22.1 Å². The van der Waals surface area contributed by atoms with E-state index in [1.54, 1.807) is 18.5 Å². The van der Waals surface area contributed by atoms with E-state index in [0.717, 1.165) is 5.69 Å². The summed E-state index contributed by atoms with van der Waals surface area (Å²) in [6.07, 6.45) is 4.89. The fourth-order valence-corrected chi connectivity index (χ4v) is 1.93. The van der Waals surface area contributed by atoms with Crippen LogP contribution in [0, 0.1) is 0 Å². The van der Waals surface area contributed by atoms with Crippen molar-refractivity contribution in [2.45, 2.75) is 6.92 Å². The van der Waals surface area contributed by atoms with Gasteiger partial charge in [-0.2, -0.15) is 0 Å². The highest BCUT2D eigenvalue weighted by atomic mass is 16.2. The van der Waals surface area contributed by atoms with E-state index in [2.05, 4.69) is 35.9 Å². The zero-order valence-electron chi connectivity index (χ0n) is 12.4. The number of urea groups is 1. The van der Waals surface area contributed by atoms with Gasteiger partial charge in [-0.3, -0.25) is 10.3 Å². The molecule has 3 heterocycles. The third-order valence-electron chi connectivity index (χ3n) is 2.92. The van der Waals surface area contributed by atoms with Crippen molar-refractivity contribution in [3.63, 3.8) is 0 Å². The number of carbonyl (C=O) groups excluding carboxylic acids is 1. The number of carbonyl (C=O) groups is 1. The van der Waals surface area contributed by atoms with Gasteiger partial charge in [-0.25, -0.2) is 19.7 Å². The molecule has 0 unspecified atom stereocenters. The summed E-state index contributed by atoms with van der Waals surface area (Å²) in [5.74, 6) is 0.962. The average molecular weight is 309 g/mol. The normalized spacial score (nSPS) is 10.3. The summed E-state index contributed by atoms with van der Waals surface area (Å²) in [7, 11) is 0. The van der Waals surface area contributed by atoms with Crippen LogP contribution in [-0.4, -0.2) is 32.5 Å². The van der Waals surface area contributed by atoms with Crippen molar-refractivity contribution in [3.05, 3.63) is 42.9 Å². The van der Waals surface area contributed by atoms with Crippen molar-refractivity contribution >= 4 is 34.5 Å². The van der Waals surface area contributed by atoms with E-state index in [1.807, 2.05) is 25.1 Å². The van der Waals surface area contributed by atoms with E-state index in [9.17, 15) is 4.79 Å². The molecular formula is C15H15N7O. The molecule has 3 aromatic heterocycles. The van der Waals surface area contributed by atoms with Crippen LogP contribution >= 0.6 is 0 Å². The second-order valence-electron chi connectivity index (χ2n) is 4.65. The molecule has 0 saturated heterocycles. The standard InChI is InChI=1S/C15H15N7O/c1-2-17-15(23)22-13-9-18-11-5-6-12(20-14(11)21-13)19-10-4-3-7-16-8-10/h3-9H,2H2,1H3,(H3,17,19,20,21,22,23). The number of hydrogen-bond acceptors (Lipinski definition) is 6. The van der Waals surface area contributed by atoms with Crippen LogP contribution in [0.25, 0.3) is 11.2 Å². The monoisotopic (exact) mass is 309 g/mol. The van der Waals surface area contributed by atoms with Gasteiger partial charge in [0.15, 0.2) is 11.5 Å². The zero-order chi connectivity index (χ0) is 16.1. The third kappa shape index (κ3) is 3.67. The highest BCUT2D eigenvalue weighted by Crippen LogP contribution is 2.17. The maximum Gasteiger partial charge on any atom is 0.320 e. The molecule has 8 nitrogen and oxygen atoms in total. The first-order valence-electron chi connectivity index (χ1n) is 7.10. The van der Waals surface area contributed by atoms with Crippen LogP contribution in [0.2, 0.25) is 0 Å². The topological polar surface area (TPSA) is 105 Å². The number of hydrogen-bond donors (Lipinski definition) is 3. The fraction of sp³-hybridized carbons (Fsp3) is 0.133. The van der Waals surface area contributed by atoms with Gasteiger partial charge in [0.2, 0.25) is 0 Å². The quantitative estimate of drug-likeness (QED) is 0.683. The minimum Gasteiger partial charge on any atom is -0.339 e. The van der Waals surface area contributed by atoms with Crippen molar-refractivity contribution in [1.82, 2.24) is 25.3 Å². The molecule has 0 saturated carbocycles. The largest absolute Gasteiger partial charge is 0.339 e. The van der Waals surface area contributed by atoms with Gasteiger partial charge >= 0.3 is 6.03 Å².